The number of rotatable bonds is 3. The predicted molar refractivity (Wildman–Crippen MR) is 73.0 cm³/mol. The van der Waals surface area contributed by atoms with E-state index < -0.39 is 0 Å². The molecule has 0 fully saturated rings. The zero-order chi connectivity index (χ0) is 11.7. The van der Waals surface area contributed by atoms with Crippen molar-refractivity contribution in [2.45, 2.75) is 37.4 Å². The Labute approximate surface area is 104 Å². The van der Waals surface area contributed by atoms with Crippen LogP contribution in [-0.2, 0) is 5.41 Å². The van der Waals surface area contributed by atoms with Crippen LogP contribution in [0.15, 0.2) is 24.3 Å². The number of hydrogen-bond acceptors (Lipinski definition) is 1. The van der Waals surface area contributed by atoms with Crippen molar-refractivity contribution in [3.8, 4) is 5.75 Å². The highest BCUT2D eigenvalue weighted by Gasteiger charge is 2.35. The molecular formula is C12H19BrOSi. The largest absolute Gasteiger partial charge is 0.553 e. The first-order valence-corrected chi connectivity index (χ1v) is 6.73. The van der Waals surface area contributed by atoms with Gasteiger partial charge in [-0.05, 0) is 31.5 Å². The van der Waals surface area contributed by atoms with Gasteiger partial charge in [-0.1, -0.05) is 41.9 Å². The molecule has 0 amide bonds. The molecule has 1 aromatic rings. The maximum absolute atomic E-state index is 5.29. The second-order valence-corrected chi connectivity index (χ2v) is 7.22. The summed E-state index contributed by atoms with van der Waals surface area (Å²) in [5.41, 5.74) is 1.42. The molecule has 0 bridgehead atoms. The minimum atomic E-state index is 0.0728. The molecule has 0 heterocycles. The van der Waals surface area contributed by atoms with Gasteiger partial charge in [0.25, 0.3) is 0 Å². The van der Waals surface area contributed by atoms with Crippen LogP contribution >= 0.6 is 15.9 Å². The molecule has 0 saturated heterocycles. The Hall–Kier alpha value is -0.283. The summed E-state index contributed by atoms with van der Waals surface area (Å²) in [5, 5.41) is 0. The molecular weight excluding hydrogens is 268 g/mol. The SMILES string of the molecule is CC(C)(Br)C(C)(C)c1ccc(O[SiH3])cc1. The number of benzene rings is 1. The second-order valence-electron chi connectivity index (χ2n) is 4.83. The maximum Gasteiger partial charge on any atom is 0.204 e. The van der Waals surface area contributed by atoms with E-state index >= 15 is 0 Å². The molecule has 0 aromatic heterocycles. The van der Waals surface area contributed by atoms with E-state index in [2.05, 4.69) is 55.8 Å². The Kier molecular flexibility index (Phi) is 3.66. The number of hydrogen-bond donors (Lipinski definition) is 0. The monoisotopic (exact) mass is 286 g/mol. The quantitative estimate of drug-likeness (QED) is 0.613. The van der Waals surface area contributed by atoms with Crippen molar-refractivity contribution in [3.05, 3.63) is 29.8 Å². The lowest BCUT2D eigenvalue weighted by atomic mass is 9.75. The van der Waals surface area contributed by atoms with Crippen molar-refractivity contribution in [3.63, 3.8) is 0 Å². The molecule has 1 rings (SSSR count). The first-order chi connectivity index (χ1) is 6.79. The fourth-order valence-corrected chi connectivity index (χ4v) is 1.85. The van der Waals surface area contributed by atoms with Gasteiger partial charge in [0.1, 0.15) is 5.75 Å². The summed E-state index contributed by atoms with van der Waals surface area (Å²) >= 11 is 3.75. The molecule has 0 aliphatic carbocycles. The molecule has 0 unspecified atom stereocenters. The summed E-state index contributed by atoms with van der Waals surface area (Å²) in [6, 6.07) is 8.39. The van der Waals surface area contributed by atoms with Gasteiger partial charge in [0.15, 0.2) is 0 Å². The van der Waals surface area contributed by atoms with E-state index in [1.807, 2.05) is 12.1 Å². The van der Waals surface area contributed by atoms with Crippen LogP contribution in [0.4, 0.5) is 0 Å². The number of alkyl halides is 1. The molecule has 0 aliphatic rings. The van der Waals surface area contributed by atoms with Crippen molar-refractivity contribution < 1.29 is 4.43 Å². The lowest BCUT2D eigenvalue weighted by Crippen LogP contribution is -2.37. The van der Waals surface area contributed by atoms with Gasteiger partial charge in [-0.25, -0.2) is 0 Å². The maximum atomic E-state index is 5.29. The first-order valence-electron chi connectivity index (χ1n) is 5.12. The highest BCUT2D eigenvalue weighted by molar-refractivity contribution is 9.10. The molecule has 1 aromatic carbocycles. The van der Waals surface area contributed by atoms with Gasteiger partial charge in [-0.2, -0.15) is 0 Å². The Morgan fingerprint density at radius 1 is 1.07 bits per heavy atom. The van der Waals surface area contributed by atoms with Crippen LogP contribution in [-0.4, -0.2) is 14.8 Å². The van der Waals surface area contributed by atoms with Crippen molar-refractivity contribution in [1.82, 2.24) is 0 Å². The van der Waals surface area contributed by atoms with Crippen molar-refractivity contribution >= 4 is 26.4 Å². The molecule has 0 atom stereocenters. The topological polar surface area (TPSA) is 9.23 Å². The Bertz CT molecular complexity index is 324. The van der Waals surface area contributed by atoms with Crippen molar-refractivity contribution in [1.29, 1.82) is 0 Å². The van der Waals surface area contributed by atoms with Gasteiger partial charge in [0.2, 0.25) is 10.5 Å². The van der Waals surface area contributed by atoms with E-state index in [-0.39, 0.29) is 9.74 Å². The Morgan fingerprint density at radius 3 is 1.87 bits per heavy atom. The van der Waals surface area contributed by atoms with Gasteiger partial charge in [-0.3, -0.25) is 0 Å². The number of halogens is 1. The molecule has 0 spiro atoms. The van der Waals surface area contributed by atoms with E-state index in [4.69, 9.17) is 4.43 Å². The highest BCUT2D eigenvalue weighted by atomic mass is 79.9. The van der Waals surface area contributed by atoms with Gasteiger partial charge >= 0.3 is 0 Å². The molecule has 15 heavy (non-hydrogen) atoms. The van der Waals surface area contributed by atoms with Crippen molar-refractivity contribution in [2.24, 2.45) is 0 Å². The van der Waals surface area contributed by atoms with Crippen LogP contribution in [0.5, 0.6) is 5.75 Å². The highest BCUT2D eigenvalue weighted by Crippen LogP contribution is 2.40. The predicted octanol–water partition coefficient (Wildman–Crippen LogP) is 2.80. The van der Waals surface area contributed by atoms with Gasteiger partial charge < -0.3 is 4.43 Å². The van der Waals surface area contributed by atoms with Crippen LogP contribution in [0.25, 0.3) is 0 Å². The molecule has 3 heteroatoms. The zero-order valence-corrected chi connectivity index (χ0v) is 13.7. The van der Waals surface area contributed by atoms with E-state index in [1.165, 1.54) is 5.56 Å². The summed E-state index contributed by atoms with van der Waals surface area (Å²) in [4.78, 5) is 0. The molecule has 84 valence electrons. The van der Waals surface area contributed by atoms with E-state index in [0.29, 0.717) is 0 Å². The fraction of sp³-hybridized carbons (Fsp3) is 0.500. The molecule has 0 aliphatic heterocycles. The minimum absolute atomic E-state index is 0.0728. The summed E-state index contributed by atoms with van der Waals surface area (Å²) in [6.07, 6.45) is 0. The normalized spacial score (nSPS) is 12.9. The van der Waals surface area contributed by atoms with Crippen LogP contribution in [0.1, 0.15) is 33.3 Å². The van der Waals surface area contributed by atoms with Gasteiger partial charge in [0.05, 0.1) is 0 Å². The molecule has 0 radical (unpaired) electrons. The molecule has 0 N–H and O–H groups in total. The third kappa shape index (κ3) is 2.64. The fourth-order valence-electron chi connectivity index (χ4n) is 1.35. The Balaban J connectivity index is 3.06. The summed E-state index contributed by atoms with van der Waals surface area (Å²) in [7, 11) is 0.746. The average Bonchev–Trinajstić information content (AvgIpc) is 2.16. The molecule has 1 nitrogen and oxygen atoms in total. The minimum Gasteiger partial charge on any atom is -0.553 e. The van der Waals surface area contributed by atoms with Gasteiger partial charge in [-0.15, -0.1) is 0 Å². The standard InChI is InChI=1S/C12H19BrOSi/c1-11(2,12(3,4)13)9-5-7-10(14-15)8-6-9/h5-8H,1-4,15H3. The lowest BCUT2D eigenvalue weighted by Gasteiger charge is -2.37. The summed E-state index contributed by atoms with van der Waals surface area (Å²) in [6.45, 7) is 8.89. The average molecular weight is 287 g/mol. The third-order valence-corrected chi connectivity index (χ3v) is 4.76. The summed E-state index contributed by atoms with van der Waals surface area (Å²) in [5.74, 6) is 0.966. The van der Waals surface area contributed by atoms with Crippen molar-refractivity contribution in [2.75, 3.05) is 0 Å². The summed E-state index contributed by atoms with van der Waals surface area (Å²) < 4.78 is 5.37. The van der Waals surface area contributed by atoms with E-state index in [9.17, 15) is 0 Å². The third-order valence-electron chi connectivity index (χ3n) is 3.30. The second kappa shape index (κ2) is 4.30. The lowest BCUT2D eigenvalue weighted by molar-refractivity contribution is 0.420. The molecule has 0 saturated carbocycles. The van der Waals surface area contributed by atoms with E-state index in [0.717, 1.165) is 16.2 Å². The van der Waals surface area contributed by atoms with E-state index in [1.54, 1.807) is 0 Å². The first kappa shape index (κ1) is 12.8. The van der Waals surface area contributed by atoms with Crippen LogP contribution in [0, 0.1) is 0 Å². The van der Waals surface area contributed by atoms with Crippen LogP contribution in [0.2, 0.25) is 0 Å². The van der Waals surface area contributed by atoms with Gasteiger partial charge in [0, 0.05) is 9.74 Å². The van der Waals surface area contributed by atoms with Crippen LogP contribution in [0.3, 0.4) is 0 Å². The zero-order valence-electron chi connectivity index (χ0n) is 10.1. The Morgan fingerprint density at radius 2 is 1.53 bits per heavy atom. The van der Waals surface area contributed by atoms with Crippen LogP contribution < -0.4 is 4.43 Å². The smallest absolute Gasteiger partial charge is 0.204 e.